The Hall–Kier alpha value is -1.85. The van der Waals surface area contributed by atoms with Crippen LogP contribution in [-0.4, -0.2) is 24.3 Å². The van der Waals surface area contributed by atoms with Crippen molar-refractivity contribution in [2.24, 2.45) is 4.99 Å². The summed E-state index contributed by atoms with van der Waals surface area (Å²) in [4.78, 5) is 14.6. The Kier molecular flexibility index (Phi) is 2.41. The highest BCUT2D eigenvalue weighted by Gasteiger charge is 2.30. The maximum absolute atomic E-state index is 12.0. The fourth-order valence-electron chi connectivity index (χ4n) is 1.43. The number of nitrogens with zero attached hydrogens (tertiary/aromatic N) is 1. The van der Waals surface area contributed by atoms with E-state index in [0.717, 1.165) is 0 Å². The molecule has 0 bridgehead atoms. The van der Waals surface area contributed by atoms with Crippen LogP contribution in [0.25, 0.3) is 0 Å². The van der Waals surface area contributed by atoms with Crippen LogP contribution in [0, 0.1) is 0 Å². The van der Waals surface area contributed by atoms with Gasteiger partial charge in [-0.25, -0.2) is 0 Å². The van der Waals surface area contributed by atoms with Crippen molar-refractivity contribution in [1.29, 1.82) is 0 Å². The van der Waals surface area contributed by atoms with E-state index in [0.29, 0.717) is 11.3 Å². The van der Waals surface area contributed by atoms with Crippen LogP contribution in [0.1, 0.15) is 5.56 Å². The molecular weight excluding hydrogens is 221 g/mol. The van der Waals surface area contributed by atoms with Gasteiger partial charge in [0.25, 0.3) is 5.91 Å². The number of hydrogen-bond donors (Lipinski definition) is 1. The van der Waals surface area contributed by atoms with Gasteiger partial charge in [0.1, 0.15) is 12.3 Å². The lowest BCUT2D eigenvalue weighted by molar-refractivity contribution is -0.118. The third-order valence-corrected chi connectivity index (χ3v) is 2.06. The number of benzene rings is 1. The van der Waals surface area contributed by atoms with E-state index in [1.165, 1.54) is 0 Å². The second-order valence-corrected chi connectivity index (χ2v) is 3.28. The number of carbonyl (C=O) groups excluding carboxylic acids is 1. The van der Waals surface area contributed by atoms with Gasteiger partial charge in [0, 0.05) is 5.56 Å². The summed E-state index contributed by atoms with van der Waals surface area (Å²) in [5.41, 5.74) is 0.748. The normalized spacial score (nSPS) is 17.4. The number of para-hydroxylation sites is 1. The average Bonchev–Trinajstić information content (AvgIpc) is 2.49. The molecule has 1 aromatic carbocycles. The van der Waals surface area contributed by atoms with Crippen LogP contribution in [0.5, 0.6) is 0 Å². The fourth-order valence-corrected chi connectivity index (χ4v) is 1.43. The number of fused-ring (bicyclic) bond motifs is 1. The summed E-state index contributed by atoms with van der Waals surface area (Å²) in [7, 11) is 0. The van der Waals surface area contributed by atoms with Crippen molar-refractivity contribution in [3.05, 3.63) is 29.8 Å². The number of hydrogen-bond acceptors (Lipinski definition) is 2. The quantitative estimate of drug-likeness (QED) is 0.784. The minimum atomic E-state index is -4.40. The number of alkyl halides is 3. The van der Waals surface area contributed by atoms with Crippen molar-refractivity contribution in [2.75, 3.05) is 11.9 Å². The Morgan fingerprint density at radius 1 is 1.25 bits per heavy atom. The van der Waals surface area contributed by atoms with Crippen LogP contribution in [0.3, 0.4) is 0 Å². The number of amides is 1. The van der Waals surface area contributed by atoms with Crippen LogP contribution in [0.2, 0.25) is 0 Å². The molecule has 1 heterocycles. The second-order valence-electron chi connectivity index (χ2n) is 3.28. The summed E-state index contributed by atoms with van der Waals surface area (Å²) >= 11 is 0. The van der Waals surface area contributed by atoms with Gasteiger partial charge < -0.3 is 5.32 Å². The number of anilines is 1. The van der Waals surface area contributed by atoms with Crippen LogP contribution >= 0.6 is 0 Å². The van der Waals surface area contributed by atoms with Gasteiger partial charge in [-0.15, -0.1) is 0 Å². The molecule has 16 heavy (non-hydrogen) atoms. The zero-order chi connectivity index (χ0) is 11.8. The largest absolute Gasteiger partial charge is 0.407 e. The Morgan fingerprint density at radius 2 is 1.94 bits per heavy atom. The summed E-state index contributed by atoms with van der Waals surface area (Å²) in [5.74, 6) is -0.592. The molecule has 6 heteroatoms. The van der Waals surface area contributed by atoms with E-state index in [1.54, 1.807) is 24.3 Å². The average molecular weight is 228 g/mol. The molecule has 1 aliphatic heterocycles. The van der Waals surface area contributed by atoms with Gasteiger partial charge in [-0.2, -0.15) is 13.2 Å². The highest BCUT2D eigenvalue weighted by Crippen LogP contribution is 2.23. The molecule has 0 aliphatic carbocycles. The molecule has 0 saturated carbocycles. The van der Waals surface area contributed by atoms with Crippen LogP contribution in [0.4, 0.5) is 18.9 Å². The standard InChI is InChI=1S/C10H7F3N2O/c11-10(12,13)5-14-8-6-3-1-2-4-7(6)15-9(8)16/h1-4H,5H2,(H,14,15,16). The molecule has 1 amide bonds. The van der Waals surface area contributed by atoms with Crippen molar-refractivity contribution >= 4 is 17.3 Å². The molecule has 0 unspecified atom stereocenters. The monoisotopic (exact) mass is 228 g/mol. The van der Waals surface area contributed by atoms with Gasteiger partial charge in [0.15, 0.2) is 0 Å². The predicted octanol–water partition coefficient (Wildman–Crippen LogP) is 1.99. The van der Waals surface area contributed by atoms with E-state index in [-0.39, 0.29) is 5.71 Å². The highest BCUT2D eigenvalue weighted by atomic mass is 19.4. The van der Waals surface area contributed by atoms with Gasteiger partial charge >= 0.3 is 6.18 Å². The molecule has 3 nitrogen and oxygen atoms in total. The highest BCUT2D eigenvalue weighted by molar-refractivity contribution is 6.53. The van der Waals surface area contributed by atoms with Gasteiger partial charge in [-0.1, -0.05) is 18.2 Å². The SMILES string of the molecule is O=C1Nc2ccccc2C1=NCC(F)(F)F. The van der Waals surface area contributed by atoms with Crippen molar-refractivity contribution in [3.8, 4) is 0 Å². The lowest BCUT2D eigenvalue weighted by Gasteiger charge is -2.02. The number of carbonyl (C=O) groups is 1. The minimum absolute atomic E-state index is 0.159. The van der Waals surface area contributed by atoms with E-state index < -0.39 is 18.6 Å². The predicted molar refractivity (Wildman–Crippen MR) is 52.5 cm³/mol. The molecule has 1 N–H and O–H groups in total. The lowest BCUT2D eigenvalue weighted by Crippen LogP contribution is -2.19. The first-order valence-electron chi connectivity index (χ1n) is 4.49. The van der Waals surface area contributed by atoms with E-state index in [1.807, 2.05) is 0 Å². The summed E-state index contributed by atoms with van der Waals surface area (Å²) < 4.78 is 35.9. The lowest BCUT2D eigenvalue weighted by atomic mass is 10.1. The third-order valence-electron chi connectivity index (χ3n) is 2.06. The zero-order valence-corrected chi connectivity index (χ0v) is 8.01. The van der Waals surface area contributed by atoms with Crippen LogP contribution < -0.4 is 5.32 Å². The van der Waals surface area contributed by atoms with Crippen LogP contribution in [-0.2, 0) is 4.79 Å². The molecule has 0 atom stereocenters. The van der Waals surface area contributed by atoms with Gasteiger partial charge in [0.05, 0.1) is 5.69 Å². The van der Waals surface area contributed by atoms with E-state index in [2.05, 4.69) is 10.3 Å². The Bertz CT molecular complexity index is 465. The summed E-state index contributed by atoms with van der Waals surface area (Å²) in [6.07, 6.45) is -4.40. The second kappa shape index (κ2) is 3.62. The van der Waals surface area contributed by atoms with Crippen molar-refractivity contribution in [3.63, 3.8) is 0 Å². The summed E-state index contributed by atoms with van der Waals surface area (Å²) in [6.45, 7) is -1.34. The topological polar surface area (TPSA) is 41.5 Å². The number of nitrogens with one attached hydrogen (secondary N) is 1. The van der Waals surface area contributed by atoms with Crippen molar-refractivity contribution < 1.29 is 18.0 Å². The Morgan fingerprint density at radius 3 is 2.62 bits per heavy atom. The molecular formula is C10H7F3N2O. The zero-order valence-electron chi connectivity index (χ0n) is 8.01. The number of halogens is 3. The molecule has 0 spiro atoms. The molecule has 1 aromatic rings. The maximum atomic E-state index is 12.0. The molecule has 0 radical (unpaired) electrons. The minimum Gasteiger partial charge on any atom is -0.320 e. The third kappa shape index (κ3) is 2.05. The maximum Gasteiger partial charge on any atom is 0.407 e. The number of rotatable bonds is 1. The van der Waals surface area contributed by atoms with Gasteiger partial charge in [-0.3, -0.25) is 9.79 Å². The van der Waals surface area contributed by atoms with Crippen molar-refractivity contribution in [2.45, 2.75) is 6.18 Å². The van der Waals surface area contributed by atoms with E-state index in [4.69, 9.17) is 0 Å². The Balaban J connectivity index is 2.32. The van der Waals surface area contributed by atoms with E-state index in [9.17, 15) is 18.0 Å². The number of aliphatic imine (C=N–C) groups is 1. The summed E-state index contributed by atoms with van der Waals surface area (Å²) in [6, 6.07) is 6.50. The molecule has 84 valence electrons. The summed E-state index contributed by atoms with van der Waals surface area (Å²) in [5, 5.41) is 2.45. The van der Waals surface area contributed by atoms with Crippen LogP contribution in [0.15, 0.2) is 29.3 Å². The molecule has 0 fully saturated rings. The molecule has 0 saturated heterocycles. The fraction of sp³-hybridized carbons (Fsp3) is 0.200. The van der Waals surface area contributed by atoms with E-state index >= 15 is 0 Å². The van der Waals surface area contributed by atoms with Gasteiger partial charge in [-0.05, 0) is 6.07 Å². The smallest absolute Gasteiger partial charge is 0.320 e. The van der Waals surface area contributed by atoms with Crippen molar-refractivity contribution in [1.82, 2.24) is 0 Å². The Labute approximate surface area is 89.0 Å². The molecule has 1 aliphatic rings. The first-order chi connectivity index (χ1) is 7.47. The first-order valence-corrected chi connectivity index (χ1v) is 4.49. The van der Waals surface area contributed by atoms with Gasteiger partial charge in [0.2, 0.25) is 0 Å². The molecule has 2 rings (SSSR count). The molecule has 0 aromatic heterocycles. The first kappa shape index (κ1) is 10.7.